The number of methoxy groups -OCH3 is 1. The summed E-state index contributed by atoms with van der Waals surface area (Å²) in [6.07, 6.45) is -0.253. The summed E-state index contributed by atoms with van der Waals surface area (Å²) in [5.74, 6) is 0.823. The van der Waals surface area contributed by atoms with Crippen LogP contribution in [0.25, 0.3) is 0 Å². The standard InChI is InChI=1S/C16H24N2O3/c1-16(2,3)21-15(19)18-9-8-17-14(11-18)12-6-5-7-13(10-12)20-4/h5-7,10,14,17H,8-9,11H2,1-4H3/t14-/m1/s1. The maximum Gasteiger partial charge on any atom is 0.410 e. The lowest BCUT2D eigenvalue weighted by atomic mass is 10.0. The molecule has 0 radical (unpaired) electrons. The van der Waals surface area contributed by atoms with Crippen LogP contribution in [0.3, 0.4) is 0 Å². The van der Waals surface area contributed by atoms with E-state index in [9.17, 15) is 4.79 Å². The van der Waals surface area contributed by atoms with E-state index in [1.807, 2.05) is 45.0 Å². The van der Waals surface area contributed by atoms with Gasteiger partial charge in [-0.15, -0.1) is 0 Å². The van der Waals surface area contributed by atoms with Gasteiger partial charge in [-0.1, -0.05) is 12.1 Å². The second kappa shape index (κ2) is 6.35. The summed E-state index contributed by atoms with van der Waals surface area (Å²) in [7, 11) is 1.65. The molecule has 0 aliphatic carbocycles. The monoisotopic (exact) mass is 292 g/mol. The van der Waals surface area contributed by atoms with Gasteiger partial charge in [0.25, 0.3) is 0 Å². The molecule has 0 spiro atoms. The van der Waals surface area contributed by atoms with Crippen molar-refractivity contribution < 1.29 is 14.3 Å². The third kappa shape index (κ3) is 4.36. The molecular weight excluding hydrogens is 268 g/mol. The first-order valence-electron chi connectivity index (χ1n) is 7.24. The second-order valence-electron chi connectivity index (χ2n) is 6.21. The summed E-state index contributed by atoms with van der Waals surface area (Å²) in [6.45, 7) is 7.66. The molecule has 0 unspecified atom stereocenters. The Morgan fingerprint density at radius 1 is 1.38 bits per heavy atom. The normalized spacial score (nSPS) is 19.2. The number of piperazine rings is 1. The molecule has 116 valence electrons. The van der Waals surface area contributed by atoms with Crippen LogP contribution in [-0.4, -0.2) is 43.3 Å². The Hall–Kier alpha value is -1.75. The fourth-order valence-corrected chi connectivity index (χ4v) is 2.32. The summed E-state index contributed by atoms with van der Waals surface area (Å²) in [6, 6.07) is 8.01. The molecule has 1 aliphatic heterocycles. The van der Waals surface area contributed by atoms with E-state index in [0.717, 1.165) is 17.9 Å². The van der Waals surface area contributed by atoms with E-state index >= 15 is 0 Å². The molecule has 1 heterocycles. The van der Waals surface area contributed by atoms with Gasteiger partial charge in [-0.25, -0.2) is 4.79 Å². The van der Waals surface area contributed by atoms with Crippen molar-refractivity contribution in [2.24, 2.45) is 0 Å². The van der Waals surface area contributed by atoms with Crippen molar-refractivity contribution >= 4 is 6.09 Å². The lowest BCUT2D eigenvalue weighted by Gasteiger charge is -2.35. The molecular formula is C16H24N2O3. The van der Waals surface area contributed by atoms with E-state index in [1.165, 1.54) is 0 Å². The number of amides is 1. The van der Waals surface area contributed by atoms with Crippen LogP contribution >= 0.6 is 0 Å². The Labute approximate surface area is 126 Å². The van der Waals surface area contributed by atoms with Gasteiger partial charge in [0.1, 0.15) is 11.4 Å². The van der Waals surface area contributed by atoms with E-state index in [1.54, 1.807) is 12.0 Å². The van der Waals surface area contributed by atoms with Crippen LogP contribution < -0.4 is 10.1 Å². The zero-order chi connectivity index (χ0) is 15.5. The van der Waals surface area contributed by atoms with E-state index in [0.29, 0.717) is 13.1 Å². The third-order valence-electron chi connectivity index (χ3n) is 3.32. The lowest BCUT2D eigenvalue weighted by Crippen LogP contribution is -2.49. The zero-order valence-electron chi connectivity index (χ0n) is 13.2. The summed E-state index contributed by atoms with van der Waals surface area (Å²) < 4.78 is 10.7. The zero-order valence-corrected chi connectivity index (χ0v) is 13.2. The molecule has 1 fully saturated rings. The fraction of sp³-hybridized carbons (Fsp3) is 0.562. The molecule has 2 rings (SSSR count). The average Bonchev–Trinajstić information content (AvgIpc) is 2.46. The minimum absolute atomic E-state index is 0.0985. The molecule has 0 saturated carbocycles. The number of hydrogen-bond acceptors (Lipinski definition) is 4. The molecule has 1 aromatic rings. The number of benzene rings is 1. The average molecular weight is 292 g/mol. The second-order valence-corrected chi connectivity index (χ2v) is 6.21. The van der Waals surface area contributed by atoms with Crippen molar-refractivity contribution in [2.75, 3.05) is 26.7 Å². The van der Waals surface area contributed by atoms with Gasteiger partial charge in [-0.2, -0.15) is 0 Å². The quantitative estimate of drug-likeness (QED) is 0.910. The van der Waals surface area contributed by atoms with E-state index in [4.69, 9.17) is 9.47 Å². The third-order valence-corrected chi connectivity index (χ3v) is 3.32. The first kappa shape index (κ1) is 15.6. The first-order valence-corrected chi connectivity index (χ1v) is 7.24. The Morgan fingerprint density at radius 2 is 2.14 bits per heavy atom. The highest BCUT2D eigenvalue weighted by atomic mass is 16.6. The molecule has 0 aromatic heterocycles. The molecule has 1 aliphatic rings. The van der Waals surface area contributed by atoms with Crippen LogP contribution in [0, 0.1) is 0 Å². The summed E-state index contributed by atoms with van der Waals surface area (Å²) >= 11 is 0. The van der Waals surface area contributed by atoms with Gasteiger partial charge >= 0.3 is 6.09 Å². The number of hydrogen-bond donors (Lipinski definition) is 1. The Bertz CT molecular complexity index is 497. The SMILES string of the molecule is COc1cccc([C@H]2CN(C(=O)OC(C)(C)C)CCN2)c1. The van der Waals surface area contributed by atoms with Crippen LogP contribution in [0.4, 0.5) is 4.79 Å². The van der Waals surface area contributed by atoms with Crippen LogP contribution in [0.15, 0.2) is 24.3 Å². The van der Waals surface area contributed by atoms with Crippen molar-refractivity contribution in [3.8, 4) is 5.75 Å². The number of rotatable bonds is 2. The van der Waals surface area contributed by atoms with Crippen LogP contribution in [0.2, 0.25) is 0 Å². The fourth-order valence-electron chi connectivity index (χ4n) is 2.32. The van der Waals surface area contributed by atoms with Crippen molar-refractivity contribution in [3.63, 3.8) is 0 Å². The first-order chi connectivity index (χ1) is 9.89. The van der Waals surface area contributed by atoms with Crippen LogP contribution in [0.1, 0.15) is 32.4 Å². The van der Waals surface area contributed by atoms with Crippen LogP contribution in [0.5, 0.6) is 5.75 Å². The number of nitrogens with zero attached hydrogens (tertiary/aromatic N) is 1. The van der Waals surface area contributed by atoms with Crippen molar-refractivity contribution in [1.29, 1.82) is 0 Å². The predicted octanol–water partition coefficient (Wildman–Crippen LogP) is 2.58. The minimum Gasteiger partial charge on any atom is -0.497 e. The van der Waals surface area contributed by atoms with Gasteiger partial charge in [0.15, 0.2) is 0 Å². The topological polar surface area (TPSA) is 50.8 Å². The Balaban J connectivity index is 2.04. The van der Waals surface area contributed by atoms with Gasteiger partial charge in [0.05, 0.1) is 13.2 Å². The molecule has 5 heteroatoms. The number of carbonyl (C=O) groups excluding carboxylic acids is 1. The van der Waals surface area contributed by atoms with Gasteiger partial charge in [-0.3, -0.25) is 0 Å². The van der Waals surface area contributed by atoms with Gasteiger partial charge in [0.2, 0.25) is 0 Å². The molecule has 21 heavy (non-hydrogen) atoms. The summed E-state index contributed by atoms with van der Waals surface area (Å²) in [5.41, 5.74) is 0.649. The van der Waals surface area contributed by atoms with Crippen LogP contribution in [-0.2, 0) is 4.74 Å². The molecule has 1 amide bonds. The molecule has 1 N–H and O–H groups in total. The summed E-state index contributed by atoms with van der Waals surface area (Å²) in [5, 5.41) is 3.43. The highest BCUT2D eigenvalue weighted by molar-refractivity contribution is 5.68. The molecule has 1 aromatic carbocycles. The van der Waals surface area contributed by atoms with E-state index < -0.39 is 5.60 Å². The van der Waals surface area contributed by atoms with Crippen molar-refractivity contribution in [3.05, 3.63) is 29.8 Å². The maximum absolute atomic E-state index is 12.2. The molecule has 0 bridgehead atoms. The van der Waals surface area contributed by atoms with Crippen molar-refractivity contribution in [1.82, 2.24) is 10.2 Å². The molecule has 1 atom stereocenters. The van der Waals surface area contributed by atoms with E-state index in [-0.39, 0.29) is 12.1 Å². The Kier molecular flexibility index (Phi) is 4.73. The van der Waals surface area contributed by atoms with E-state index in [2.05, 4.69) is 5.32 Å². The molecule has 5 nitrogen and oxygen atoms in total. The van der Waals surface area contributed by atoms with Gasteiger partial charge < -0.3 is 19.7 Å². The highest BCUT2D eigenvalue weighted by Gasteiger charge is 2.28. The number of carbonyl (C=O) groups is 1. The maximum atomic E-state index is 12.2. The molecule has 1 saturated heterocycles. The van der Waals surface area contributed by atoms with Gasteiger partial charge in [-0.05, 0) is 38.5 Å². The highest BCUT2D eigenvalue weighted by Crippen LogP contribution is 2.22. The minimum atomic E-state index is -0.465. The largest absolute Gasteiger partial charge is 0.497 e. The lowest BCUT2D eigenvalue weighted by molar-refractivity contribution is 0.0195. The Morgan fingerprint density at radius 3 is 2.81 bits per heavy atom. The van der Waals surface area contributed by atoms with Gasteiger partial charge in [0, 0.05) is 19.6 Å². The predicted molar refractivity (Wildman–Crippen MR) is 81.5 cm³/mol. The number of ether oxygens (including phenoxy) is 2. The summed E-state index contributed by atoms with van der Waals surface area (Å²) in [4.78, 5) is 13.9. The smallest absolute Gasteiger partial charge is 0.410 e. The van der Waals surface area contributed by atoms with Crippen molar-refractivity contribution in [2.45, 2.75) is 32.4 Å². The number of nitrogens with one attached hydrogen (secondary N) is 1.